The van der Waals surface area contributed by atoms with Crippen molar-refractivity contribution in [2.24, 2.45) is 0 Å². The summed E-state index contributed by atoms with van der Waals surface area (Å²) < 4.78 is 10.2. The molecule has 4 heteroatoms. The number of halogens is 1. The van der Waals surface area contributed by atoms with Gasteiger partial charge in [0, 0.05) is 5.33 Å². The molecule has 0 N–H and O–H groups in total. The van der Waals surface area contributed by atoms with Crippen molar-refractivity contribution in [1.82, 2.24) is 0 Å². The number of ether oxygens (including phenoxy) is 2. The maximum atomic E-state index is 11.3. The first-order chi connectivity index (χ1) is 8.27. The van der Waals surface area contributed by atoms with Crippen LogP contribution >= 0.6 is 15.9 Å². The molecule has 0 aliphatic rings. The van der Waals surface area contributed by atoms with Crippen molar-refractivity contribution in [1.29, 1.82) is 0 Å². The Bertz CT molecular complexity index is 352. The molecule has 0 aliphatic carbocycles. The lowest BCUT2D eigenvalue weighted by atomic mass is 10.2. The molecule has 0 amide bonds. The highest BCUT2D eigenvalue weighted by Gasteiger charge is 2.05. The monoisotopic (exact) mass is 300 g/mol. The summed E-state index contributed by atoms with van der Waals surface area (Å²) in [7, 11) is 1.37. The molecule has 0 radical (unpaired) electrons. The van der Waals surface area contributed by atoms with Crippen molar-refractivity contribution in [2.45, 2.75) is 19.3 Å². The summed E-state index contributed by atoms with van der Waals surface area (Å²) in [5, 5.41) is 1.03. The van der Waals surface area contributed by atoms with Crippen molar-refractivity contribution < 1.29 is 14.3 Å². The topological polar surface area (TPSA) is 35.5 Å². The number of carbonyl (C=O) groups is 1. The lowest BCUT2D eigenvalue weighted by Crippen LogP contribution is -2.02. The van der Waals surface area contributed by atoms with Gasteiger partial charge in [-0.05, 0) is 37.5 Å². The number of hydrogen-bond donors (Lipinski definition) is 0. The first-order valence-corrected chi connectivity index (χ1v) is 6.77. The van der Waals surface area contributed by atoms with E-state index in [1.807, 2.05) is 6.07 Å². The van der Waals surface area contributed by atoms with Crippen LogP contribution in [0.5, 0.6) is 5.75 Å². The van der Waals surface area contributed by atoms with Crippen LogP contribution in [-0.4, -0.2) is 25.0 Å². The number of esters is 1. The van der Waals surface area contributed by atoms with Gasteiger partial charge in [0.15, 0.2) is 0 Å². The summed E-state index contributed by atoms with van der Waals surface area (Å²) >= 11 is 3.39. The zero-order valence-corrected chi connectivity index (χ0v) is 11.5. The van der Waals surface area contributed by atoms with Crippen molar-refractivity contribution in [3.8, 4) is 5.75 Å². The zero-order valence-electron chi connectivity index (χ0n) is 9.95. The number of rotatable bonds is 7. The first kappa shape index (κ1) is 14.0. The predicted octanol–water partition coefficient (Wildman–Crippen LogP) is 3.42. The SMILES string of the molecule is COC(=O)c1cccc(OCCCCCBr)c1. The molecular formula is C13H17BrO3. The third-order valence-electron chi connectivity index (χ3n) is 2.30. The minimum atomic E-state index is -0.338. The number of carbonyl (C=O) groups excluding carboxylic acids is 1. The summed E-state index contributed by atoms with van der Waals surface area (Å²) in [6.07, 6.45) is 3.32. The largest absolute Gasteiger partial charge is 0.494 e. The van der Waals surface area contributed by atoms with E-state index in [0.717, 1.165) is 24.6 Å². The van der Waals surface area contributed by atoms with Crippen molar-refractivity contribution in [2.75, 3.05) is 19.0 Å². The molecule has 17 heavy (non-hydrogen) atoms. The third kappa shape index (κ3) is 5.22. The van der Waals surface area contributed by atoms with Gasteiger partial charge in [0.2, 0.25) is 0 Å². The second-order valence-electron chi connectivity index (χ2n) is 3.62. The Kier molecular flexibility index (Phi) is 6.70. The maximum absolute atomic E-state index is 11.3. The van der Waals surface area contributed by atoms with Crippen LogP contribution in [0.15, 0.2) is 24.3 Å². The summed E-state index contributed by atoms with van der Waals surface area (Å²) in [6, 6.07) is 7.05. The third-order valence-corrected chi connectivity index (χ3v) is 2.86. The second-order valence-corrected chi connectivity index (χ2v) is 4.41. The molecule has 0 saturated heterocycles. The fourth-order valence-electron chi connectivity index (χ4n) is 1.39. The van der Waals surface area contributed by atoms with Gasteiger partial charge in [-0.25, -0.2) is 4.79 Å². The number of methoxy groups -OCH3 is 1. The average Bonchev–Trinajstić information content (AvgIpc) is 2.38. The normalized spacial score (nSPS) is 10.0. The van der Waals surface area contributed by atoms with E-state index in [1.54, 1.807) is 18.2 Å². The molecule has 3 nitrogen and oxygen atoms in total. The van der Waals surface area contributed by atoms with Crippen molar-refractivity contribution >= 4 is 21.9 Å². The number of hydrogen-bond acceptors (Lipinski definition) is 3. The minimum absolute atomic E-state index is 0.338. The molecule has 0 unspecified atom stereocenters. The molecular weight excluding hydrogens is 284 g/mol. The lowest BCUT2D eigenvalue weighted by Gasteiger charge is -2.07. The Labute approximate surface area is 110 Å². The molecule has 0 heterocycles. The number of benzene rings is 1. The van der Waals surface area contributed by atoms with E-state index in [9.17, 15) is 4.79 Å². The predicted molar refractivity (Wildman–Crippen MR) is 70.9 cm³/mol. The fourth-order valence-corrected chi connectivity index (χ4v) is 1.79. The van der Waals surface area contributed by atoms with Gasteiger partial charge in [0.1, 0.15) is 5.75 Å². The van der Waals surface area contributed by atoms with Crippen LogP contribution < -0.4 is 4.74 Å². The molecule has 1 aromatic carbocycles. The highest BCUT2D eigenvalue weighted by atomic mass is 79.9. The van der Waals surface area contributed by atoms with Crippen LogP contribution in [-0.2, 0) is 4.74 Å². The number of alkyl halides is 1. The molecule has 0 atom stereocenters. The molecule has 1 aromatic rings. The molecule has 94 valence electrons. The molecule has 0 spiro atoms. The number of unbranched alkanes of at least 4 members (excludes halogenated alkanes) is 2. The quantitative estimate of drug-likeness (QED) is 0.440. The zero-order chi connectivity index (χ0) is 12.5. The van der Waals surface area contributed by atoms with E-state index in [1.165, 1.54) is 7.11 Å². The lowest BCUT2D eigenvalue weighted by molar-refractivity contribution is 0.0600. The van der Waals surface area contributed by atoms with Crippen LogP contribution in [0, 0.1) is 0 Å². The van der Waals surface area contributed by atoms with Gasteiger partial charge in [0.25, 0.3) is 0 Å². The Morgan fingerprint density at radius 2 is 2.12 bits per heavy atom. The van der Waals surface area contributed by atoms with E-state index in [0.29, 0.717) is 17.9 Å². The van der Waals surface area contributed by atoms with Crippen molar-refractivity contribution in [3.63, 3.8) is 0 Å². The summed E-state index contributed by atoms with van der Waals surface area (Å²) in [6.45, 7) is 0.678. The highest BCUT2D eigenvalue weighted by molar-refractivity contribution is 9.09. The van der Waals surface area contributed by atoms with Gasteiger partial charge >= 0.3 is 5.97 Å². The molecule has 0 aromatic heterocycles. The van der Waals surface area contributed by atoms with Gasteiger partial charge in [-0.3, -0.25) is 0 Å². The molecule has 0 aliphatic heterocycles. The van der Waals surface area contributed by atoms with Gasteiger partial charge in [0.05, 0.1) is 19.3 Å². The van der Waals surface area contributed by atoms with Crippen LogP contribution in [0.1, 0.15) is 29.6 Å². The van der Waals surface area contributed by atoms with Gasteiger partial charge in [-0.2, -0.15) is 0 Å². The summed E-state index contributed by atoms with van der Waals surface area (Å²) in [4.78, 5) is 11.3. The molecule has 0 saturated carbocycles. The maximum Gasteiger partial charge on any atom is 0.337 e. The Balaban J connectivity index is 2.40. The first-order valence-electron chi connectivity index (χ1n) is 5.65. The van der Waals surface area contributed by atoms with E-state index in [4.69, 9.17) is 4.74 Å². The Morgan fingerprint density at radius 1 is 1.29 bits per heavy atom. The van der Waals surface area contributed by atoms with Crippen molar-refractivity contribution in [3.05, 3.63) is 29.8 Å². The van der Waals surface area contributed by atoms with Crippen LogP contribution in [0.2, 0.25) is 0 Å². The van der Waals surface area contributed by atoms with E-state index >= 15 is 0 Å². The van der Waals surface area contributed by atoms with Crippen LogP contribution in [0.25, 0.3) is 0 Å². The van der Waals surface area contributed by atoms with E-state index in [2.05, 4.69) is 20.7 Å². The Hall–Kier alpha value is -1.03. The van der Waals surface area contributed by atoms with Gasteiger partial charge < -0.3 is 9.47 Å². The smallest absolute Gasteiger partial charge is 0.337 e. The van der Waals surface area contributed by atoms with Gasteiger partial charge in [-0.1, -0.05) is 22.0 Å². The Morgan fingerprint density at radius 3 is 2.82 bits per heavy atom. The highest BCUT2D eigenvalue weighted by Crippen LogP contribution is 2.14. The van der Waals surface area contributed by atoms with Crippen LogP contribution in [0.3, 0.4) is 0 Å². The average molecular weight is 301 g/mol. The summed E-state index contributed by atoms with van der Waals surface area (Å²) in [5.41, 5.74) is 0.519. The second kappa shape index (κ2) is 8.12. The van der Waals surface area contributed by atoms with E-state index < -0.39 is 0 Å². The molecule has 0 bridgehead atoms. The minimum Gasteiger partial charge on any atom is -0.494 e. The van der Waals surface area contributed by atoms with E-state index in [-0.39, 0.29) is 5.97 Å². The van der Waals surface area contributed by atoms with Gasteiger partial charge in [-0.15, -0.1) is 0 Å². The van der Waals surface area contributed by atoms with Crippen LogP contribution in [0.4, 0.5) is 0 Å². The summed E-state index contributed by atoms with van der Waals surface area (Å²) in [5.74, 6) is 0.376. The molecule has 0 fully saturated rings. The molecule has 1 rings (SSSR count). The standard InChI is InChI=1S/C13H17BrO3/c1-16-13(15)11-6-5-7-12(10-11)17-9-4-2-3-8-14/h5-7,10H,2-4,8-9H2,1H3. The fraction of sp³-hybridized carbons (Fsp3) is 0.462.